The minimum atomic E-state index is -4.55. The van der Waals surface area contributed by atoms with E-state index in [1.807, 2.05) is 66.7 Å². The largest absolute Gasteiger partial charge is 0.497 e. The molecule has 10 heteroatoms. The van der Waals surface area contributed by atoms with Gasteiger partial charge in [-0.15, -0.1) is 0 Å². The Balaban J connectivity index is 1.36. The number of alkyl halides is 3. The number of carbonyl (C=O) groups is 2. The monoisotopic (exact) mass is 667 g/mol. The zero-order valence-corrected chi connectivity index (χ0v) is 26.9. The average Bonchev–Trinajstić information content (AvgIpc) is 3.12. The van der Waals surface area contributed by atoms with Gasteiger partial charge in [0.15, 0.2) is 5.75 Å². The van der Waals surface area contributed by atoms with Crippen LogP contribution >= 0.6 is 0 Å². The van der Waals surface area contributed by atoms with Crippen molar-refractivity contribution in [2.75, 3.05) is 12.0 Å². The molecule has 0 aliphatic rings. The van der Waals surface area contributed by atoms with Crippen LogP contribution in [0.15, 0.2) is 121 Å². The lowest BCUT2D eigenvalue weighted by molar-refractivity contribution is -0.138. The van der Waals surface area contributed by atoms with Gasteiger partial charge in [0.25, 0.3) is 0 Å². The fraction of sp³-hybridized carbons (Fsp3) is 0.179. The Bertz CT molecular complexity index is 1890. The van der Waals surface area contributed by atoms with Gasteiger partial charge in [-0.1, -0.05) is 78.9 Å². The molecule has 5 rings (SSSR count). The summed E-state index contributed by atoms with van der Waals surface area (Å²) in [6.07, 6.45) is -4.96. The Morgan fingerprint density at radius 2 is 1.47 bits per heavy atom. The highest BCUT2D eigenvalue weighted by molar-refractivity contribution is 5.96. The summed E-state index contributed by atoms with van der Waals surface area (Å²) in [7, 11) is 1.61. The second kappa shape index (κ2) is 16.0. The molecule has 49 heavy (non-hydrogen) atoms. The van der Waals surface area contributed by atoms with Crippen LogP contribution in [0.5, 0.6) is 17.2 Å². The second-order valence-electron chi connectivity index (χ2n) is 11.3. The summed E-state index contributed by atoms with van der Waals surface area (Å²) in [4.78, 5) is 28.2. The summed E-state index contributed by atoms with van der Waals surface area (Å²) >= 11 is 0. The Morgan fingerprint density at radius 1 is 0.755 bits per heavy atom. The summed E-state index contributed by atoms with van der Waals surface area (Å²) in [5.74, 6) is 0.793. The maximum atomic E-state index is 13.9. The van der Waals surface area contributed by atoms with Gasteiger partial charge < -0.3 is 25.4 Å². The molecule has 5 aromatic carbocycles. The standard InChI is InChI=1S/C39H36F3N3O4/c1-48-32-11-7-10-30(23-32)29-18-16-27(17-19-29)26-45(35-14-4-5-15-36(35)49-33-12-6-8-28(22-33)24-43)38(47)21-20-37(46)44-25-31-9-2-3-13-34(31)39(40,41)42/h2-19,22-23H,20-21,24-26,43H2,1H3,(H,44,46). The number of amides is 2. The van der Waals surface area contributed by atoms with Crippen LogP contribution in [-0.4, -0.2) is 18.9 Å². The molecule has 0 aliphatic carbocycles. The fourth-order valence-corrected chi connectivity index (χ4v) is 5.31. The van der Waals surface area contributed by atoms with E-state index in [0.29, 0.717) is 23.7 Å². The zero-order valence-electron chi connectivity index (χ0n) is 26.9. The smallest absolute Gasteiger partial charge is 0.416 e. The minimum absolute atomic E-state index is 0.0570. The van der Waals surface area contributed by atoms with Crippen molar-refractivity contribution in [2.45, 2.75) is 38.7 Å². The molecule has 0 fully saturated rings. The predicted octanol–water partition coefficient (Wildman–Crippen LogP) is 8.26. The van der Waals surface area contributed by atoms with Crippen LogP contribution in [0.2, 0.25) is 0 Å². The molecule has 0 aromatic heterocycles. The van der Waals surface area contributed by atoms with Gasteiger partial charge in [-0.3, -0.25) is 9.59 Å². The second-order valence-corrected chi connectivity index (χ2v) is 11.3. The van der Waals surface area contributed by atoms with Gasteiger partial charge in [0.2, 0.25) is 11.8 Å². The van der Waals surface area contributed by atoms with Crippen LogP contribution in [-0.2, 0) is 35.4 Å². The topological polar surface area (TPSA) is 93.9 Å². The molecule has 2 amide bonds. The van der Waals surface area contributed by atoms with E-state index in [2.05, 4.69) is 5.32 Å². The summed E-state index contributed by atoms with van der Waals surface area (Å²) in [5.41, 5.74) is 9.08. The van der Waals surface area contributed by atoms with Crippen molar-refractivity contribution in [3.8, 4) is 28.4 Å². The Kier molecular flexibility index (Phi) is 11.3. The van der Waals surface area contributed by atoms with Crippen molar-refractivity contribution in [1.29, 1.82) is 0 Å². The first-order valence-corrected chi connectivity index (χ1v) is 15.7. The molecule has 3 N–H and O–H groups in total. The first-order chi connectivity index (χ1) is 23.6. The number of anilines is 1. The van der Waals surface area contributed by atoms with Gasteiger partial charge in [0.1, 0.15) is 11.5 Å². The summed E-state index contributed by atoms with van der Waals surface area (Å²) in [5, 5.41) is 2.53. The zero-order chi connectivity index (χ0) is 34.8. The van der Waals surface area contributed by atoms with Crippen molar-refractivity contribution >= 4 is 17.5 Å². The number of nitrogens with zero attached hydrogens (tertiary/aromatic N) is 1. The lowest BCUT2D eigenvalue weighted by atomic mass is 10.0. The summed E-state index contributed by atoms with van der Waals surface area (Å²) in [6, 6.07) is 34.9. The molecule has 0 saturated heterocycles. The number of methoxy groups -OCH3 is 1. The number of hydrogen-bond donors (Lipinski definition) is 2. The van der Waals surface area contributed by atoms with E-state index in [4.69, 9.17) is 15.2 Å². The Labute approximate surface area is 283 Å². The first kappa shape index (κ1) is 34.7. The molecule has 0 heterocycles. The van der Waals surface area contributed by atoms with Gasteiger partial charge in [-0.25, -0.2) is 0 Å². The summed E-state index contributed by atoms with van der Waals surface area (Å²) < 4.78 is 51.9. The third-order valence-corrected chi connectivity index (χ3v) is 7.88. The average molecular weight is 668 g/mol. The number of nitrogens with two attached hydrogens (primary N) is 1. The fourth-order valence-electron chi connectivity index (χ4n) is 5.31. The van der Waals surface area contributed by atoms with E-state index in [1.165, 1.54) is 18.2 Å². The number of benzene rings is 5. The van der Waals surface area contributed by atoms with Crippen molar-refractivity contribution in [3.05, 3.63) is 144 Å². The molecule has 0 radical (unpaired) electrons. The lowest BCUT2D eigenvalue weighted by Gasteiger charge is -2.25. The number of para-hydroxylation sites is 2. The third kappa shape index (κ3) is 9.27. The SMILES string of the molecule is COc1cccc(-c2ccc(CN(C(=O)CCC(=O)NCc3ccccc3C(F)(F)F)c3ccccc3Oc3cccc(CN)c3)cc2)c1. The van der Waals surface area contributed by atoms with Crippen LogP contribution < -0.4 is 25.4 Å². The summed E-state index contributed by atoms with van der Waals surface area (Å²) in [6.45, 7) is 0.185. The van der Waals surface area contributed by atoms with Crippen LogP contribution in [0.3, 0.4) is 0 Å². The molecule has 0 saturated carbocycles. The van der Waals surface area contributed by atoms with Gasteiger partial charge in [-0.05, 0) is 70.3 Å². The number of ether oxygens (including phenoxy) is 2. The predicted molar refractivity (Wildman–Crippen MR) is 183 cm³/mol. The van der Waals surface area contributed by atoms with Crippen LogP contribution in [0, 0.1) is 0 Å². The number of hydrogen-bond acceptors (Lipinski definition) is 5. The van der Waals surface area contributed by atoms with E-state index < -0.39 is 17.6 Å². The third-order valence-electron chi connectivity index (χ3n) is 7.88. The van der Waals surface area contributed by atoms with Crippen molar-refractivity contribution in [3.63, 3.8) is 0 Å². The van der Waals surface area contributed by atoms with E-state index in [1.54, 1.807) is 42.3 Å². The minimum Gasteiger partial charge on any atom is -0.497 e. The van der Waals surface area contributed by atoms with E-state index in [9.17, 15) is 22.8 Å². The molecular formula is C39H36F3N3O4. The van der Waals surface area contributed by atoms with E-state index in [-0.39, 0.29) is 37.4 Å². The van der Waals surface area contributed by atoms with E-state index >= 15 is 0 Å². The maximum absolute atomic E-state index is 13.9. The normalized spacial score (nSPS) is 11.1. The molecule has 0 bridgehead atoms. The van der Waals surface area contributed by atoms with Crippen molar-refractivity contribution in [1.82, 2.24) is 5.32 Å². The Morgan fingerprint density at radius 3 is 2.22 bits per heavy atom. The molecule has 7 nitrogen and oxygen atoms in total. The molecule has 0 aliphatic heterocycles. The highest BCUT2D eigenvalue weighted by Crippen LogP contribution is 2.35. The number of nitrogens with one attached hydrogen (secondary N) is 1. The molecule has 252 valence electrons. The van der Waals surface area contributed by atoms with Crippen LogP contribution in [0.25, 0.3) is 11.1 Å². The van der Waals surface area contributed by atoms with Crippen molar-refractivity contribution in [2.24, 2.45) is 5.73 Å². The Hall–Kier alpha value is -5.61. The van der Waals surface area contributed by atoms with Gasteiger partial charge in [0, 0.05) is 25.9 Å². The molecule has 0 spiro atoms. The van der Waals surface area contributed by atoms with Gasteiger partial charge in [-0.2, -0.15) is 13.2 Å². The molecule has 0 atom stereocenters. The van der Waals surface area contributed by atoms with Gasteiger partial charge in [0.05, 0.1) is 24.9 Å². The van der Waals surface area contributed by atoms with Crippen molar-refractivity contribution < 1.29 is 32.2 Å². The van der Waals surface area contributed by atoms with Crippen LogP contribution in [0.4, 0.5) is 18.9 Å². The molecule has 0 unspecified atom stereocenters. The van der Waals surface area contributed by atoms with E-state index in [0.717, 1.165) is 34.1 Å². The number of halogens is 3. The lowest BCUT2D eigenvalue weighted by Crippen LogP contribution is -2.32. The van der Waals surface area contributed by atoms with Crippen LogP contribution in [0.1, 0.15) is 35.1 Å². The van der Waals surface area contributed by atoms with Gasteiger partial charge >= 0.3 is 6.18 Å². The highest BCUT2D eigenvalue weighted by Gasteiger charge is 2.33. The highest BCUT2D eigenvalue weighted by atomic mass is 19.4. The number of rotatable bonds is 13. The number of carbonyl (C=O) groups excluding carboxylic acids is 2. The first-order valence-electron chi connectivity index (χ1n) is 15.7. The maximum Gasteiger partial charge on any atom is 0.416 e. The quantitative estimate of drug-likeness (QED) is 0.132. The molecular weight excluding hydrogens is 631 g/mol. The molecule has 5 aromatic rings.